The maximum absolute atomic E-state index is 5.85. The molecule has 0 saturated heterocycles. The molecule has 0 amide bonds. The highest BCUT2D eigenvalue weighted by Crippen LogP contribution is 2.26. The molecule has 98 valence electrons. The normalized spacial score (nSPS) is 23.1. The molecule has 0 fully saturated rings. The van der Waals surface area contributed by atoms with Crippen molar-refractivity contribution in [1.29, 1.82) is 0 Å². The van der Waals surface area contributed by atoms with Gasteiger partial charge in [-0.2, -0.15) is 0 Å². The van der Waals surface area contributed by atoms with Crippen LogP contribution in [0.4, 0.5) is 0 Å². The fourth-order valence-electron chi connectivity index (χ4n) is 2.17. The molecule has 0 spiro atoms. The summed E-state index contributed by atoms with van der Waals surface area (Å²) in [4.78, 5) is 4.29. The van der Waals surface area contributed by atoms with E-state index in [-0.39, 0.29) is 0 Å². The van der Waals surface area contributed by atoms with Gasteiger partial charge in [-0.05, 0) is 46.7 Å². The zero-order chi connectivity index (χ0) is 13.0. The Bertz CT molecular complexity index is 434. The largest absolute Gasteiger partial charge is 0.477 e. The lowest BCUT2D eigenvalue weighted by molar-refractivity contribution is 0.191. The molecular formula is C14H19BrN2O. The summed E-state index contributed by atoms with van der Waals surface area (Å²) in [6.07, 6.45) is 8.48. The molecule has 1 aliphatic rings. The minimum Gasteiger partial charge on any atom is -0.477 e. The van der Waals surface area contributed by atoms with Crippen molar-refractivity contribution < 1.29 is 4.74 Å². The van der Waals surface area contributed by atoms with Crippen LogP contribution in [0.2, 0.25) is 0 Å². The maximum atomic E-state index is 5.85. The van der Waals surface area contributed by atoms with Gasteiger partial charge in [0.1, 0.15) is 0 Å². The molecule has 3 nitrogen and oxygen atoms in total. The third-order valence-corrected chi connectivity index (χ3v) is 3.90. The van der Waals surface area contributed by atoms with Gasteiger partial charge in [-0.15, -0.1) is 0 Å². The number of nitrogens with two attached hydrogens (primary N) is 1. The first-order chi connectivity index (χ1) is 8.70. The van der Waals surface area contributed by atoms with E-state index in [1.54, 1.807) is 6.20 Å². The van der Waals surface area contributed by atoms with Crippen molar-refractivity contribution in [2.45, 2.75) is 26.3 Å². The number of nitrogens with zero attached hydrogens (tertiary/aromatic N) is 1. The van der Waals surface area contributed by atoms with E-state index in [1.807, 2.05) is 6.07 Å². The standard InChI is InChI=1S/C14H19BrN2O/c1-10-4-2-3-5-11(10)9-18-14-12(7-16)6-13(15)8-17-14/h2-3,6,8,10-11H,4-5,7,9,16H2,1H3. The van der Waals surface area contributed by atoms with E-state index < -0.39 is 0 Å². The van der Waals surface area contributed by atoms with Gasteiger partial charge in [0.2, 0.25) is 5.88 Å². The minimum atomic E-state index is 0.446. The van der Waals surface area contributed by atoms with E-state index in [2.05, 4.69) is 40.0 Å². The third-order valence-electron chi connectivity index (χ3n) is 3.46. The molecule has 1 aromatic heterocycles. The van der Waals surface area contributed by atoms with E-state index >= 15 is 0 Å². The molecule has 0 bridgehead atoms. The Kier molecular flexibility index (Phi) is 4.78. The van der Waals surface area contributed by atoms with Gasteiger partial charge in [-0.3, -0.25) is 0 Å². The summed E-state index contributed by atoms with van der Waals surface area (Å²) < 4.78 is 6.78. The number of hydrogen-bond acceptors (Lipinski definition) is 3. The van der Waals surface area contributed by atoms with Gasteiger partial charge in [-0.25, -0.2) is 4.98 Å². The Hall–Kier alpha value is -0.870. The summed E-state index contributed by atoms with van der Waals surface area (Å²) in [6, 6.07) is 1.96. The number of aromatic nitrogens is 1. The SMILES string of the molecule is CC1CC=CCC1COc1ncc(Br)cc1CN. The number of hydrogen-bond donors (Lipinski definition) is 1. The van der Waals surface area contributed by atoms with Crippen LogP contribution in [0.25, 0.3) is 0 Å². The Balaban J connectivity index is 1.99. The molecule has 2 unspecified atom stereocenters. The Morgan fingerprint density at radius 1 is 1.44 bits per heavy atom. The number of pyridine rings is 1. The lowest BCUT2D eigenvalue weighted by Gasteiger charge is -2.25. The first-order valence-corrected chi connectivity index (χ1v) is 7.12. The van der Waals surface area contributed by atoms with E-state index in [0.717, 1.165) is 22.9 Å². The molecule has 2 atom stereocenters. The van der Waals surface area contributed by atoms with Gasteiger partial charge in [0.25, 0.3) is 0 Å². The number of allylic oxidation sites excluding steroid dienone is 2. The monoisotopic (exact) mass is 310 g/mol. The summed E-state index contributed by atoms with van der Waals surface area (Å²) in [5.74, 6) is 1.92. The van der Waals surface area contributed by atoms with Crippen LogP contribution >= 0.6 is 15.9 Å². The Morgan fingerprint density at radius 2 is 2.22 bits per heavy atom. The quantitative estimate of drug-likeness (QED) is 0.868. The molecule has 0 aliphatic heterocycles. The maximum Gasteiger partial charge on any atom is 0.217 e. The van der Waals surface area contributed by atoms with Gasteiger partial charge >= 0.3 is 0 Å². The highest BCUT2D eigenvalue weighted by Gasteiger charge is 2.19. The molecule has 0 aromatic carbocycles. The summed E-state index contributed by atoms with van der Waals surface area (Å²) in [6.45, 7) is 3.44. The molecular weight excluding hydrogens is 292 g/mol. The van der Waals surface area contributed by atoms with Crippen LogP contribution in [0.1, 0.15) is 25.3 Å². The van der Waals surface area contributed by atoms with Gasteiger partial charge in [-0.1, -0.05) is 19.1 Å². The van der Waals surface area contributed by atoms with Crippen molar-refractivity contribution in [2.24, 2.45) is 17.6 Å². The smallest absolute Gasteiger partial charge is 0.217 e. The first-order valence-electron chi connectivity index (χ1n) is 6.33. The minimum absolute atomic E-state index is 0.446. The predicted octanol–water partition coefficient (Wildman–Crippen LogP) is 3.28. The van der Waals surface area contributed by atoms with Crippen molar-refractivity contribution in [3.05, 3.63) is 34.5 Å². The average molecular weight is 311 g/mol. The molecule has 0 saturated carbocycles. The van der Waals surface area contributed by atoms with Gasteiger partial charge in [0.15, 0.2) is 0 Å². The molecule has 0 radical (unpaired) electrons. The molecule has 1 heterocycles. The van der Waals surface area contributed by atoms with Crippen LogP contribution in [0.15, 0.2) is 28.9 Å². The Labute approximate surface area is 117 Å². The molecule has 2 N–H and O–H groups in total. The first kappa shape index (κ1) is 13.6. The number of ether oxygens (including phenoxy) is 1. The fourth-order valence-corrected chi connectivity index (χ4v) is 2.55. The van der Waals surface area contributed by atoms with Crippen molar-refractivity contribution in [3.63, 3.8) is 0 Å². The number of rotatable bonds is 4. The Morgan fingerprint density at radius 3 is 2.94 bits per heavy atom. The molecule has 18 heavy (non-hydrogen) atoms. The van der Waals surface area contributed by atoms with Crippen LogP contribution in [-0.4, -0.2) is 11.6 Å². The van der Waals surface area contributed by atoms with Gasteiger partial charge < -0.3 is 10.5 Å². The summed E-state index contributed by atoms with van der Waals surface area (Å²) in [7, 11) is 0. The topological polar surface area (TPSA) is 48.1 Å². The van der Waals surface area contributed by atoms with Crippen LogP contribution in [0.5, 0.6) is 5.88 Å². The molecule has 1 aliphatic carbocycles. The lowest BCUT2D eigenvalue weighted by atomic mass is 9.85. The van der Waals surface area contributed by atoms with Crippen LogP contribution in [0, 0.1) is 11.8 Å². The zero-order valence-electron chi connectivity index (χ0n) is 10.6. The summed E-state index contributed by atoms with van der Waals surface area (Å²) in [5.41, 5.74) is 6.65. The second-order valence-electron chi connectivity index (χ2n) is 4.81. The fraction of sp³-hybridized carbons (Fsp3) is 0.500. The second-order valence-corrected chi connectivity index (χ2v) is 5.73. The highest BCUT2D eigenvalue weighted by atomic mass is 79.9. The number of halogens is 1. The van der Waals surface area contributed by atoms with Crippen molar-refractivity contribution in [3.8, 4) is 5.88 Å². The second kappa shape index (κ2) is 6.34. The zero-order valence-corrected chi connectivity index (χ0v) is 12.2. The van der Waals surface area contributed by atoms with E-state index in [1.165, 1.54) is 0 Å². The van der Waals surface area contributed by atoms with Crippen molar-refractivity contribution in [2.75, 3.05) is 6.61 Å². The summed E-state index contributed by atoms with van der Waals surface area (Å²) >= 11 is 3.39. The molecule has 1 aromatic rings. The van der Waals surface area contributed by atoms with Crippen LogP contribution in [0.3, 0.4) is 0 Å². The lowest BCUT2D eigenvalue weighted by Crippen LogP contribution is -2.22. The van der Waals surface area contributed by atoms with Gasteiger partial charge in [0, 0.05) is 22.8 Å². The van der Waals surface area contributed by atoms with Gasteiger partial charge in [0.05, 0.1) is 6.61 Å². The van der Waals surface area contributed by atoms with Crippen LogP contribution < -0.4 is 10.5 Å². The predicted molar refractivity (Wildman–Crippen MR) is 76.4 cm³/mol. The molecule has 4 heteroatoms. The van der Waals surface area contributed by atoms with E-state index in [9.17, 15) is 0 Å². The van der Waals surface area contributed by atoms with Crippen LogP contribution in [-0.2, 0) is 6.54 Å². The van der Waals surface area contributed by atoms with E-state index in [4.69, 9.17) is 10.5 Å². The third kappa shape index (κ3) is 3.33. The molecule has 2 rings (SSSR count). The van der Waals surface area contributed by atoms with Crippen molar-refractivity contribution in [1.82, 2.24) is 4.98 Å². The van der Waals surface area contributed by atoms with Crippen molar-refractivity contribution >= 4 is 15.9 Å². The summed E-state index contributed by atoms with van der Waals surface area (Å²) in [5, 5.41) is 0. The van der Waals surface area contributed by atoms with E-state index in [0.29, 0.717) is 30.9 Å². The highest BCUT2D eigenvalue weighted by molar-refractivity contribution is 9.10. The average Bonchev–Trinajstić information content (AvgIpc) is 2.39.